The zero-order chi connectivity index (χ0) is 10.8. The van der Waals surface area contributed by atoms with Crippen LogP contribution in [0, 0.1) is 12.8 Å². The molecule has 5 nitrogen and oxygen atoms in total. The highest BCUT2D eigenvalue weighted by Crippen LogP contribution is 2.14. The SMILES string of the molecule is Cc1noc(CN2CCC(=O)C(C)C2)n1. The number of carbonyl (C=O) groups excluding carboxylic acids is 1. The van der Waals surface area contributed by atoms with Crippen LogP contribution in [-0.4, -0.2) is 33.9 Å². The summed E-state index contributed by atoms with van der Waals surface area (Å²) in [7, 11) is 0. The second-order valence-corrected chi connectivity index (χ2v) is 4.09. The molecule has 0 spiro atoms. The lowest BCUT2D eigenvalue weighted by atomic mass is 9.99. The molecule has 0 aliphatic carbocycles. The minimum atomic E-state index is 0.128. The van der Waals surface area contributed by atoms with Gasteiger partial charge in [-0.2, -0.15) is 4.98 Å². The molecule has 0 aromatic carbocycles. The molecule has 1 aromatic rings. The number of Topliss-reactive ketones (excluding diaryl/α,β-unsaturated/α-hetero) is 1. The largest absolute Gasteiger partial charge is 0.338 e. The summed E-state index contributed by atoms with van der Waals surface area (Å²) in [6.07, 6.45) is 0.633. The second kappa shape index (κ2) is 4.10. The third kappa shape index (κ3) is 2.41. The minimum absolute atomic E-state index is 0.128. The van der Waals surface area contributed by atoms with Crippen molar-refractivity contribution in [2.45, 2.75) is 26.8 Å². The van der Waals surface area contributed by atoms with Crippen LogP contribution in [0.1, 0.15) is 25.1 Å². The second-order valence-electron chi connectivity index (χ2n) is 4.09. The van der Waals surface area contributed by atoms with E-state index < -0.39 is 0 Å². The van der Waals surface area contributed by atoms with Crippen molar-refractivity contribution in [2.24, 2.45) is 5.92 Å². The number of aromatic nitrogens is 2. The van der Waals surface area contributed by atoms with Crippen LogP contribution in [0.15, 0.2) is 4.52 Å². The monoisotopic (exact) mass is 209 g/mol. The number of carbonyl (C=O) groups is 1. The summed E-state index contributed by atoms with van der Waals surface area (Å²) in [5, 5.41) is 3.74. The van der Waals surface area contributed by atoms with Crippen LogP contribution < -0.4 is 0 Å². The molecule has 1 aliphatic rings. The number of piperidine rings is 1. The normalized spacial score (nSPS) is 23.3. The number of aryl methyl sites for hydroxylation is 1. The van der Waals surface area contributed by atoms with Gasteiger partial charge in [-0.05, 0) is 6.92 Å². The van der Waals surface area contributed by atoms with E-state index in [0.717, 1.165) is 13.1 Å². The van der Waals surface area contributed by atoms with E-state index in [2.05, 4.69) is 15.0 Å². The molecule has 15 heavy (non-hydrogen) atoms. The molecular formula is C10H15N3O2. The first kappa shape index (κ1) is 10.3. The van der Waals surface area contributed by atoms with E-state index in [1.165, 1.54) is 0 Å². The Labute approximate surface area is 88.5 Å². The molecule has 0 N–H and O–H groups in total. The number of hydrogen-bond acceptors (Lipinski definition) is 5. The summed E-state index contributed by atoms with van der Waals surface area (Å²) in [4.78, 5) is 17.6. The maximum Gasteiger partial charge on any atom is 0.240 e. The number of rotatable bonds is 2. The van der Waals surface area contributed by atoms with Crippen LogP contribution >= 0.6 is 0 Å². The quantitative estimate of drug-likeness (QED) is 0.720. The summed E-state index contributed by atoms with van der Waals surface area (Å²) in [6.45, 7) is 6.01. The topological polar surface area (TPSA) is 59.2 Å². The lowest BCUT2D eigenvalue weighted by molar-refractivity contribution is -0.125. The van der Waals surface area contributed by atoms with Crippen LogP contribution in [0.3, 0.4) is 0 Å². The average Bonchev–Trinajstić information content (AvgIpc) is 2.58. The van der Waals surface area contributed by atoms with E-state index in [4.69, 9.17) is 4.52 Å². The average molecular weight is 209 g/mol. The van der Waals surface area contributed by atoms with Crippen LogP contribution in [-0.2, 0) is 11.3 Å². The molecule has 1 fully saturated rings. The summed E-state index contributed by atoms with van der Waals surface area (Å²) in [5.74, 6) is 1.77. The van der Waals surface area contributed by atoms with Gasteiger partial charge in [0.2, 0.25) is 5.89 Å². The van der Waals surface area contributed by atoms with Gasteiger partial charge in [-0.25, -0.2) is 0 Å². The fourth-order valence-corrected chi connectivity index (χ4v) is 1.83. The Bertz CT molecular complexity index is 361. The summed E-state index contributed by atoms with van der Waals surface area (Å²) in [5.41, 5.74) is 0. The number of nitrogens with zero attached hydrogens (tertiary/aromatic N) is 3. The molecular weight excluding hydrogens is 194 g/mol. The first-order valence-electron chi connectivity index (χ1n) is 5.19. The van der Waals surface area contributed by atoms with Crippen molar-refractivity contribution in [3.05, 3.63) is 11.7 Å². The van der Waals surface area contributed by atoms with Crippen molar-refractivity contribution in [3.8, 4) is 0 Å². The van der Waals surface area contributed by atoms with Crippen LogP contribution in [0.25, 0.3) is 0 Å². The van der Waals surface area contributed by atoms with Gasteiger partial charge >= 0.3 is 0 Å². The van der Waals surface area contributed by atoms with Gasteiger partial charge in [-0.15, -0.1) is 0 Å². The van der Waals surface area contributed by atoms with Crippen molar-refractivity contribution in [3.63, 3.8) is 0 Å². The molecule has 1 aliphatic heterocycles. The van der Waals surface area contributed by atoms with Crippen LogP contribution in [0.4, 0.5) is 0 Å². The Hall–Kier alpha value is -1.23. The minimum Gasteiger partial charge on any atom is -0.338 e. The highest BCUT2D eigenvalue weighted by atomic mass is 16.5. The Morgan fingerprint density at radius 1 is 1.60 bits per heavy atom. The molecule has 0 saturated carbocycles. The zero-order valence-corrected chi connectivity index (χ0v) is 9.06. The van der Waals surface area contributed by atoms with Gasteiger partial charge in [-0.3, -0.25) is 9.69 Å². The lowest BCUT2D eigenvalue weighted by Gasteiger charge is -2.28. The van der Waals surface area contributed by atoms with E-state index >= 15 is 0 Å². The van der Waals surface area contributed by atoms with E-state index in [-0.39, 0.29) is 5.92 Å². The van der Waals surface area contributed by atoms with Gasteiger partial charge < -0.3 is 4.52 Å². The van der Waals surface area contributed by atoms with E-state index in [0.29, 0.717) is 30.5 Å². The predicted octanol–water partition coefficient (Wildman–Crippen LogP) is 0.789. The first-order chi connectivity index (χ1) is 7.15. The maximum atomic E-state index is 11.3. The predicted molar refractivity (Wildman–Crippen MR) is 53.1 cm³/mol. The van der Waals surface area contributed by atoms with Gasteiger partial charge in [0.15, 0.2) is 5.82 Å². The fourth-order valence-electron chi connectivity index (χ4n) is 1.83. The molecule has 0 bridgehead atoms. The van der Waals surface area contributed by atoms with Gasteiger partial charge in [-0.1, -0.05) is 12.1 Å². The van der Waals surface area contributed by atoms with E-state index in [9.17, 15) is 4.79 Å². The third-order valence-corrected chi connectivity index (χ3v) is 2.68. The molecule has 1 saturated heterocycles. The highest BCUT2D eigenvalue weighted by molar-refractivity contribution is 5.81. The zero-order valence-electron chi connectivity index (χ0n) is 9.06. The molecule has 2 rings (SSSR count). The molecule has 0 radical (unpaired) electrons. The van der Waals surface area contributed by atoms with Crippen molar-refractivity contribution in [1.29, 1.82) is 0 Å². The fraction of sp³-hybridized carbons (Fsp3) is 0.700. The Kier molecular flexibility index (Phi) is 2.81. The van der Waals surface area contributed by atoms with Gasteiger partial charge in [0.05, 0.1) is 6.54 Å². The molecule has 2 heterocycles. The third-order valence-electron chi connectivity index (χ3n) is 2.68. The standard InChI is InChI=1S/C10H15N3O2/c1-7-5-13(4-3-9(7)14)6-10-11-8(2)12-15-10/h7H,3-6H2,1-2H3. The summed E-state index contributed by atoms with van der Waals surface area (Å²) < 4.78 is 5.04. The Morgan fingerprint density at radius 2 is 2.40 bits per heavy atom. The first-order valence-corrected chi connectivity index (χ1v) is 5.19. The van der Waals surface area contributed by atoms with Crippen LogP contribution in [0.5, 0.6) is 0 Å². The number of hydrogen-bond donors (Lipinski definition) is 0. The molecule has 0 amide bonds. The Morgan fingerprint density at radius 3 is 3.00 bits per heavy atom. The summed E-state index contributed by atoms with van der Waals surface area (Å²) >= 11 is 0. The van der Waals surface area contributed by atoms with Crippen molar-refractivity contribution in [1.82, 2.24) is 15.0 Å². The van der Waals surface area contributed by atoms with E-state index in [1.807, 2.05) is 6.92 Å². The van der Waals surface area contributed by atoms with Crippen molar-refractivity contribution < 1.29 is 9.32 Å². The number of ketones is 1. The number of likely N-dealkylation sites (tertiary alicyclic amines) is 1. The smallest absolute Gasteiger partial charge is 0.240 e. The van der Waals surface area contributed by atoms with Crippen molar-refractivity contribution in [2.75, 3.05) is 13.1 Å². The summed E-state index contributed by atoms with van der Waals surface area (Å²) in [6, 6.07) is 0. The Balaban J connectivity index is 1.93. The van der Waals surface area contributed by atoms with Crippen LogP contribution in [0.2, 0.25) is 0 Å². The van der Waals surface area contributed by atoms with Crippen molar-refractivity contribution >= 4 is 5.78 Å². The molecule has 1 unspecified atom stereocenters. The maximum absolute atomic E-state index is 11.3. The molecule has 1 atom stereocenters. The lowest BCUT2D eigenvalue weighted by Crippen LogP contribution is -2.39. The van der Waals surface area contributed by atoms with Gasteiger partial charge in [0.25, 0.3) is 0 Å². The van der Waals surface area contributed by atoms with Gasteiger partial charge in [0.1, 0.15) is 5.78 Å². The van der Waals surface area contributed by atoms with Gasteiger partial charge in [0, 0.05) is 25.4 Å². The molecule has 5 heteroatoms. The molecule has 82 valence electrons. The van der Waals surface area contributed by atoms with E-state index in [1.54, 1.807) is 6.92 Å². The highest BCUT2D eigenvalue weighted by Gasteiger charge is 2.24. The molecule has 1 aromatic heterocycles.